The number of urea groups is 1. The maximum Gasteiger partial charge on any atom is 0.321 e. The minimum absolute atomic E-state index is 0.140. The van der Waals surface area contributed by atoms with E-state index in [1.807, 2.05) is 43.4 Å². The number of benzene rings is 1. The van der Waals surface area contributed by atoms with Crippen molar-refractivity contribution in [3.8, 4) is 0 Å². The summed E-state index contributed by atoms with van der Waals surface area (Å²) in [5.41, 5.74) is 8.80. The average Bonchev–Trinajstić information content (AvgIpc) is 3.15. The molecule has 1 saturated heterocycles. The van der Waals surface area contributed by atoms with Crippen LogP contribution in [0.25, 0.3) is 22.7 Å². The minimum Gasteiger partial charge on any atom is -0.366 e. The molecule has 0 aliphatic carbocycles. The molecule has 154 valence electrons. The van der Waals surface area contributed by atoms with E-state index in [9.17, 15) is 9.59 Å². The number of aromatic nitrogens is 2. The number of hydrogen-bond donors (Lipinski definition) is 3. The first-order chi connectivity index (χ1) is 14.5. The number of piperazine rings is 1. The first-order valence-electron chi connectivity index (χ1n) is 9.80. The molecular weight excluding hydrogens is 380 g/mol. The number of carbonyl (C=O) groups is 2. The highest BCUT2D eigenvalue weighted by atomic mass is 16.2. The topological polar surface area (TPSA) is 107 Å². The molecule has 0 radical (unpaired) electrons. The van der Waals surface area contributed by atoms with Crippen molar-refractivity contribution in [2.75, 3.05) is 38.5 Å². The highest BCUT2D eigenvalue weighted by Gasteiger charge is 2.19. The van der Waals surface area contributed by atoms with Crippen molar-refractivity contribution in [3.63, 3.8) is 0 Å². The van der Waals surface area contributed by atoms with E-state index in [2.05, 4.69) is 20.2 Å². The number of pyridine rings is 1. The summed E-state index contributed by atoms with van der Waals surface area (Å²) >= 11 is 0. The van der Waals surface area contributed by atoms with E-state index in [0.29, 0.717) is 30.0 Å². The van der Waals surface area contributed by atoms with Gasteiger partial charge in [-0.3, -0.25) is 4.79 Å². The van der Waals surface area contributed by atoms with Crippen molar-refractivity contribution in [3.05, 3.63) is 59.9 Å². The molecule has 4 N–H and O–H groups in total. The van der Waals surface area contributed by atoms with Gasteiger partial charge in [-0.15, -0.1) is 0 Å². The molecule has 2 aromatic heterocycles. The number of aromatic amines is 1. The maximum atomic E-state index is 12.6. The fraction of sp³-hybridized carbons (Fsp3) is 0.227. The number of fused-ring (bicyclic) bond motifs is 1. The number of likely N-dealkylation sites (N-methyl/N-ethyl adjacent to an activating group) is 1. The minimum atomic E-state index is -0.511. The summed E-state index contributed by atoms with van der Waals surface area (Å²) in [7, 11) is 2.05. The fourth-order valence-corrected chi connectivity index (χ4v) is 3.49. The Hall–Kier alpha value is -3.65. The van der Waals surface area contributed by atoms with Crippen LogP contribution in [-0.2, 0) is 4.79 Å². The van der Waals surface area contributed by atoms with E-state index in [0.717, 1.165) is 29.6 Å². The highest BCUT2D eigenvalue weighted by molar-refractivity contribution is 6.24. The SMILES string of the molecule is CN1CCN(C(=O)Nc2cnc3[nH]cc(C=C(C(N)=O)c4ccccc4)c3c2)CC1. The first kappa shape index (κ1) is 19.7. The molecule has 3 aromatic rings. The lowest BCUT2D eigenvalue weighted by Crippen LogP contribution is -2.48. The van der Waals surface area contributed by atoms with Crippen molar-refractivity contribution >= 4 is 40.3 Å². The molecule has 1 aromatic carbocycles. The number of H-pyrrole nitrogens is 1. The van der Waals surface area contributed by atoms with Crippen LogP contribution < -0.4 is 11.1 Å². The van der Waals surface area contributed by atoms with Gasteiger partial charge in [-0.2, -0.15) is 0 Å². The predicted molar refractivity (Wildman–Crippen MR) is 118 cm³/mol. The van der Waals surface area contributed by atoms with Crippen molar-refractivity contribution in [1.82, 2.24) is 19.8 Å². The van der Waals surface area contributed by atoms with E-state index in [1.54, 1.807) is 23.4 Å². The van der Waals surface area contributed by atoms with E-state index < -0.39 is 5.91 Å². The van der Waals surface area contributed by atoms with Gasteiger partial charge in [-0.05, 0) is 24.8 Å². The van der Waals surface area contributed by atoms with Gasteiger partial charge in [0, 0.05) is 48.9 Å². The Balaban J connectivity index is 1.61. The van der Waals surface area contributed by atoms with Crippen LogP contribution in [0, 0.1) is 0 Å². The van der Waals surface area contributed by atoms with Crippen LogP contribution in [0.3, 0.4) is 0 Å². The number of hydrogen-bond acceptors (Lipinski definition) is 4. The molecule has 30 heavy (non-hydrogen) atoms. The molecule has 0 saturated carbocycles. The lowest BCUT2D eigenvalue weighted by Gasteiger charge is -2.32. The number of rotatable bonds is 4. The van der Waals surface area contributed by atoms with Crippen molar-refractivity contribution in [2.24, 2.45) is 5.73 Å². The van der Waals surface area contributed by atoms with Gasteiger partial charge in [0.05, 0.1) is 11.9 Å². The average molecular weight is 404 g/mol. The largest absolute Gasteiger partial charge is 0.366 e. The van der Waals surface area contributed by atoms with Gasteiger partial charge in [0.15, 0.2) is 0 Å². The van der Waals surface area contributed by atoms with Crippen LogP contribution in [-0.4, -0.2) is 64.9 Å². The van der Waals surface area contributed by atoms with E-state index in [-0.39, 0.29) is 6.03 Å². The second kappa shape index (κ2) is 8.38. The van der Waals surface area contributed by atoms with Crippen molar-refractivity contribution in [2.45, 2.75) is 0 Å². The molecule has 1 fully saturated rings. The zero-order chi connectivity index (χ0) is 21.1. The zero-order valence-electron chi connectivity index (χ0n) is 16.8. The van der Waals surface area contributed by atoms with Crippen LogP contribution in [0.15, 0.2) is 48.8 Å². The van der Waals surface area contributed by atoms with Crippen molar-refractivity contribution in [1.29, 1.82) is 0 Å². The van der Waals surface area contributed by atoms with E-state index >= 15 is 0 Å². The van der Waals surface area contributed by atoms with Gasteiger partial charge in [0.1, 0.15) is 5.65 Å². The molecular formula is C22H24N6O2. The standard InChI is InChI=1S/C22H24N6O2/c1-27-7-9-28(10-8-27)22(30)26-17-12-19-16(13-24-21(19)25-14-17)11-18(20(23)29)15-5-3-2-4-6-15/h2-6,11-14H,7-10H2,1H3,(H2,23,29)(H,24,25)(H,26,30). The molecule has 0 spiro atoms. The Bertz CT molecular complexity index is 1100. The van der Waals surface area contributed by atoms with Crippen LogP contribution in [0.2, 0.25) is 0 Å². The summed E-state index contributed by atoms with van der Waals surface area (Å²) in [6, 6.07) is 11.0. The van der Waals surface area contributed by atoms with Gasteiger partial charge in [0.25, 0.3) is 0 Å². The van der Waals surface area contributed by atoms with Crippen LogP contribution in [0.5, 0.6) is 0 Å². The molecule has 0 bridgehead atoms. The molecule has 1 aliphatic heterocycles. The van der Waals surface area contributed by atoms with Gasteiger partial charge in [-0.1, -0.05) is 30.3 Å². The number of nitrogens with zero attached hydrogens (tertiary/aromatic N) is 3. The Morgan fingerprint density at radius 3 is 2.60 bits per heavy atom. The van der Waals surface area contributed by atoms with Gasteiger partial charge in [-0.25, -0.2) is 9.78 Å². The molecule has 8 nitrogen and oxygen atoms in total. The van der Waals surface area contributed by atoms with Crippen molar-refractivity contribution < 1.29 is 9.59 Å². The van der Waals surface area contributed by atoms with Crippen LogP contribution in [0.4, 0.5) is 10.5 Å². The number of nitrogens with one attached hydrogen (secondary N) is 2. The number of nitrogens with two attached hydrogens (primary N) is 1. The second-order valence-electron chi connectivity index (χ2n) is 7.37. The predicted octanol–water partition coefficient (Wildman–Crippen LogP) is 2.37. The Morgan fingerprint density at radius 1 is 1.17 bits per heavy atom. The van der Waals surface area contributed by atoms with Gasteiger partial charge in [0.2, 0.25) is 5.91 Å². The normalized spacial score (nSPS) is 15.4. The highest BCUT2D eigenvalue weighted by Crippen LogP contribution is 2.25. The second-order valence-corrected chi connectivity index (χ2v) is 7.37. The lowest BCUT2D eigenvalue weighted by atomic mass is 10.0. The smallest absolute Gasteiger partial charge is 0.321 e. The Morgan fingerprint density at radius 2 is 1.90 bits per heavy atom. The van der Waals surface area contributed by atoms with Crippen LogP contribution in [0.1, 0.15) is 11.1 Å². The monoisotopic (exact) mass is 404 g/mol. The molecule has 0 atom stereocenters. The summed E-state index contributed by atoms with van der Waals surface area (Å²) in [6.07, 6.45) is 5.13. The quantitative estimate of drug-likeness (QED) is 0.580. The summed E-state index contributed by atoms with van der Waals surface area (Å²) in [5, 5.41) is 3.72. The Kier molecular flexibility index (Phi) is 5.49. The van der Waals surface area contributed by atoms with E-state index in [4.69, 9.17) is 5.73 Å². The third-order valence-electron chi connectivity index (χ3n) is 5.25. The zero-order valence-corrected chi connectivity index (χ0v) is 16.8. The molecule has 1 aliphatic rings. The third-order valence-corrected chi connectivity index (χ3v) is 5.25. The molecule has 3 amide bonds. The third kappa shape index (κ3) is 4.18. The number of anilines is 1. The number of carbonyl (C=O) groups excluding carboxylic acids is 2. The Labute approximate surface area is 174 Å². The lowest BCUT2D eigenvalue weighted by molar-refractivity contribution is -0.112. The summed E-state index contributed by atoms with van der Waals surface area (Å²) in [4.78, 5) is 36.1. The number of primary amides is 1. The summed E-state index contributed by atoms with van der Waals surface area (Å²) in [6.45, 7) is 3.09. The van der Waals surface area contributed by atoms with Gasteiger partial charge < -0.3 is 25.8 Å². The summed E-state index contributed by atoms with van der Waals surface area (Å²) < 4.78 is 0. The molecule has 3 heterocycles. The van der Waals surface area contributed by atoms with E-state index in [1.165, 1.54) is 0 Å². The first-order valence-corrected chi connectivity index (χ1v) is 9.80. The molecule has 8 heteroatoms. The summed E-state index contributed by atoms with van der Waals surface area (Å²) in [5.74, 6) is -0.511. The van der Waals surface area contributed by atoms with Gasteiger partial charge >= 0.3 is 6.03 Å². The molecule has 4 rings (SSSR count). The van der Waals surface area contributed by atoms with Crippen LogP contribution >= 0.6 is 0 Å². The molecule has 0 unspecified atom stereocenters. The fourth-order valence-electron chi connectivity index (χ4n) is 3.49. The maximum absolute atomic E-state index is 12.6. The number of amides is 3.